The second-order valence-electron chi connectivity index (χ2n) is 5.61. The standard InChI is InChI=1S/C19H22N2O3S/c1-21(12-14-8-10-15(11-9-14)19(23)24-2)13-18(22)20-16-6-4-5-7-17(16)25-3/h4-11H,12-13H2,1-3H3,(H,20,22). The molecule has 132 valence electrons. The van der Waals surface area contributed by atoms with Crippen LogP contribution in [-0.4, -0.2) is 43.7 Å². The van der Waals surface area contributed by atoms with Crippen LogP contribution >= 0.6 is 11.8 Å². The van der Waals surface area contributed by atoms with Crippen LogP contribution in [0.2, 0.25) is 0 Å². The number of carbonyl (C=O) groups is 2. The van der Waals surface area contributed by atoms with Gasteiger partial charge in [-0.25, -0.2) is 4.79 Å². The number of esters is 1. The van der Waals surface area contributed by atoms with E-state index in [1.807, 2.05) is 54.6 Å². The summed E-state index contributed by atoms with van der Waals surface area (Å²) in [5.74, 6) is -0.415. The Morgan fingerprint density at radius 1 is 1.12 bits per heavy atom. The minimum Gasteiger partial charge on any atom is -0.465 e. The Morgan fingerprint density at radius 3 is 2.44 bits per heavy atom. The lowest BCUT2D eigenvalue weighted by atomic mass is 10.1. The topological polar surface area (TPSA) is 58.6 Å². The van der Waals surface area contributed by atoms with E-state index < -0.39 is 0 Å². The molecule has 0 aliphatic rings. The average molecular weight is 358 g/mol. The van der Waals surface area contributed by atoms with Gasteiger partial charge in [0.1, 0.15) is 0 Å². The van der Waals surface area contributed by atoms with Crippen LogP contribution in [0.5, 0.6) is 0 Å². The normalized spacial score (nSPS) is 10.6. The molecule has 0 saturated carbocycles. The highest BCUT2D eigenvalue weighted by Crippen LogP contribution is 2.24. The fraction of sp³-hybridized carbons (Fsp3) is 0.263. The number of benzene rings is 2. The highest BCUT2D eigenvalue weighted by Gasteiger charge is 2.10. The average Bonchev–Trinajstić information content (AvgIpc) is 2.62. The van der Waals surface area contributed by atoms with Gasteiger partial charge in [-0.2, -0.15) is 0 Å². The molecule has 0 heterocycles. The van der Waals surface area contributed by atoms with Crippen LogP contribution in [0.4, 0.5) is 5.69 Å². The van der Waals surface area contributed by atoms with Crippen molar-refractivity contribution in [3.05, 3.63) is 59.7 Å². The van der Waals surface area contributed by atoms with Gasteiger partial charge in [0.2, 0.25) is 5.91 Å². The van der Waals surface area contributed by atoms with Crippen molar-refractivity contribution >= 4 is 29.3 Å². The number of nitrogens with zero attached hydrogens (tertiary/aromatic N) is 1. The number of ether oxygens (including phenoxy) is 1. The Hall–Kier alpha value is -2.31. The van der Waals surface area contributed by atoms with Gasteiger partial charge in [-0.1, -0.05) is 24.3 Å². The Balaban J connectivity index is 1.90. The number of rotatable bonds is 7. The first-order valence-electron chi connectivity index (χ1n) is 7.82. The molecule has 0 spiro atoms. The van der Waals surface area contributed by atoms with Crippen molar-refractivity contribution in [2.75, 3.05) is 32.3 Å². The van der Waals surface area contributed by atoms with Gasteiger partial charge >= 0.3 is 5.97 Å². The van der Waals surface area contributed by atoms with Crippen molar-refractivity contribution in [2.45, 2.75) is 11.4 Å². The van der Waals surface area contributed by atoms with E-state index in [1.165, 1.54) is 7.11 Å². The van der Waals surface area contributed by atoms with Crippen molar-refractivity contribution in [2.24, 2.45) is 0 Å². The van der Waals surface area contributed by atoms with E-state index in [-0.39, 0.29) is 18.4 Å². The maximum atomic E-state index is 12.2. The number of nitrogens with one attached hydrogen (secondary N) is 1. The molecule has 2 aromatic rings. The monoisotopic (exact) mass is 358 g/mol. The number of thioether (sulfide) groups is 1. The minimum atomic E-state index is -0.355. The number of carbonyl (C=O) groups excluding carboxylic acids is 2. The molecule has 0 bridgehead atoms. The quantitative estimate of drug-likeness (QED) is 0.608. The summed E-state index contributed by atoms with van der Waals surface area (Å²) in [6.07, 6.45) is 1.98. The van der Waals surface area contributed by atoms with E-state index in [1.54, 1.807) is 23.9 Å². The summed E-state index contributed by atoms with van der Waals surface area (Å²) in [6, 6.07) is 14.9. The second-order valence-corrected chi connectivity index (χ2v) is 6.46. The lowest BCUT2D eigenvalue weighted by Gasteiger charge is -2.17. The van der Waals surface area contributed by atoms with Crippen molar-refractivity contribution in [1.29, 1.82) is 0 Å². The molecule has 1 amide bonds. The molecule has 0 unspecified atom stereocenters. The van der Waals surface area contributed by atoms with E-state index in [0.29, 0.717) is 12.1 Å². The molecule has 2 aromatic carbocycles. The van der Waals surface area contributed by atoms with Crippen LogP contribution in [0.3, 0.4) is 0 Å². The Labute approximate surface area is 152 Å². The summed E-state index contributed by atoms with van der Waals surface area (Å²) < 4.78 is 4.68. The zero-order valence-electron chi connectivity index (χ0n) is 14.6. The van der Waals surface area contributed by atoms with Crippen LogP contribution in [0, 0.1) is 0 Å². The molecule has 0 radical (unpaired) electrons. The highest BCUT2D eigenvalue weighted by atomic mass is 32.2. The van der Waals surface area contributed by atoms with Crippen LogP contribution in [-0.2, 0) is 16.1 Å². The van der Waals surface area contributed by atoms with Gasteiger partial charge in [0.15, 0.2) is 0 Å². The fourth-order valence-electron chi connectivity index (χ4n) is 2.41. The number of likely N-dealkylation sites (N-methyl/N-ethyl adjacent to an activating group) is 1. The Morgan fingerprint density at radius 2 is 1.80 bits per heavy atom. The maximum Gasteiger partial charge on any atom is 0.337 e. The van der Waals surface area contributed by atoms with Gasteiger partial charge in [-0.15, -0.1) is 11.8 Å². The molecule has 0 aliphatic heterocycles. The Bertz CT molecular complexity index is 732. The van der Waals surface area contributed by atoms with E-state index in [2.05, 4.69) is 10.1 Å². The molecule has 6 heteroatoms. The van der Waals surface area contributed by atoms with Crippen LogP contribution in [0.25, 0.3) is 0 Å². The first-order valence-corrected chi connectivity index (χ1v) is 9.04. The van der Waals surface area contributed by atoms with Gasteiger partial charge in [0.05, 0.1) is 24.9 Å². The van der Waals surface area contributed by atoms with Crippen LogP contribution in [0.1, 0.15) is 15.9 Å². The third kappa shape index (κ3) is 5.62. The minimum absolute atomic E-state index is 0.0600. The second kappa shape index (κ2) is 9.25. The molecule has 0 saturated heterocycles. The number of amides is 1. The first kappa shape index (κ1) is 19.0. The number of methoxy groups -OCH3 is 1. The maximum absolute atomic E-state index is 12.2. The van der Waals surface area contributed by atoms with Crippen LogP contribution < -0.4 is 5.32 Å². The smallest absolute Gasteiger partial charge is 0.337 e. The van der Waals surface area contributed by atoms with Gasteiger partial charge in [-0.3, -0.25) is 9.69 Å². The number of hydrogen-bond acceptors (Lipinski definition) is 5. The summed E-state index contributed by atoms with van der Waals surface area (Å²) in [6.45, 7) is 0.889. The predicted octanol–water partition coefficient (Wildman–Crippen LogP) is 3.27. The zero-order valence-corrected chi connectivity index (χ0v) is 15.4. The highest BCUT2D eigenvalue weighted by molar-refractivity contribution is 7.98. The van der Waals surface area contributed by atoms with E-state index in [9.17, 15) is 9.59 Å². The third-order valence-corrected chi connectivity index (χ3v) is 4.42. The van der Waals surface area contributed by atoms with Crippen molar-refractivity contribution < 1.29 is 14.3 Å². The molecule has 0 aliphatic carbocycles. The number of hydrogen-bond donors (Lipinski definition) is 1. The van der Waals surface area contributed by atoms with Crippen LogP contribution in [0.15, 0.2) is 53.4 Å². The largest absolute Gasteiger partial charge is 0.465 e. The molecule has 2 rings (SSSR count). The number of anilines is 1. The SMILES string of the molecule is COC(=O)c1ccc(CN(C)CC(=O)Nc2ccccc2SC)cc1. The molecule has 1 N–H and O–H groups in total. The van der Waals surface area contributed by atoms with E-state index in [4.69, 9.17) is 0 Å². The van der Waals surface area contributed by atoms with Gasteiger partial charge in [0.25, 0.3) is 0 Å². The molecular formula is C19H22N2O3S. The molecule has 5 nitrogen and oxygen atoms in total. The molecule has 25 heavy (non-hydrogen) atoms. The first-order chi connectivity index (χ1) is 12.0. The predicted molar refractivity (Wildman–Crippen MR) is 101 cm³/mol. The van der Waals surface area contributed by atoms with Gasteiger partial charge in [0, 0.05) is 11.4 Å². The molecule has 0 atom stereocenters. The molecular weight excluding hydrogens is 336 g/mol. The third-order valence-electron chi connectivity index (χ3n) is 3.62. The van der Waals surface area contributed by atoms with Crippen molar-refractivity contribution in [3.8, 4) is 0 Å². The molecule has 0 aromatic heterocycles. The summed E-state index contributed by atoms with van der Waals surface area (Å²) >= 11 is 1.60. The van der Waals surface area contributed by atoms with Gasteiger partial charge < -0.3 is 10.1 Å². The summed E-state index contributed by atoms with van der Waals surface area (Å²) in [7, 11) is 3.24. The summed E-state index contributed by atoms with van der Waals surface area (Å²) in [5.41, 5.74) is 2.36. The van der Waals surface area contributed by atoms with Gasteiger partial charge in [-0.05, 0) is 43.1 Å². The van der Waals surface area contributed by atoms with E-state index in [0.717, 1.165) is 16.1 Å². The van der Waals surface area contributed by atoms with E-state index >= 15 is 0 Å². The zero-order chi connectivity index (χ0) is 18.2. The summed E-state index contributed by atoms with van der Waals surface area (Å²) in [5, 5.41) is 2.95. The van der Waals surface area contributed by atoms with Crippen molar-refractivity contribution in [3.63, 3.8) is 0 Å². The number of para-hydroxylation sites is 1. The Kier molecular flexibility index (Phi) is 7.03. The van der Waals surface area contributed by atoms with Crippen molar-refractivity contribution in [1.82, 2.24) is 4.90 Å². The molecule has 0 fully saturated rings. The fourth-order valence-corrected chi connectivity index (χ4v) is 2.97. The lowest BCUT2D eigenvalue weighted by Crippen LogP contribution is -2.30. The summed E-state index contributed by atoms with van der Waals surface area (Å²) in [4.78, 5) is 26.6. The lowest BCUT2D eigenvalue weighted by molar-refractivity contribution is -0.117.